The fourth-order valence-corrected chi connectivity index (χ4v) is 6.80. The average Bonchev–Trinajstić information content (AvgIpc) is 3.12. The maximum absolute atomic E-state index is 12.8. The third-order valence-electron chi connectivity index (χ3n) is 8.14. The van der Waals surface area contributed by atoms with Crippen molar-refractivity contribution in [3.8, 4) is 0 Å². The summed E-state index contributed by atoms with van der Waals surface area (Å²) in [4.78, 5) is 30.7. The molecule has 1 aliphatic heterocycles. The van der Waals surface area contributed by atoms with Crippen LogP contribution >= 0.6 is 0 Å². The molecule has 5 heteroatoms. The minimum Gasteiger partial charge on any atom is -0.316 e. The molecule has 2 heterocycles. The molecule has 30 heavy (non-hydrogen) atoms. The summed E-state index contributed by atoms with van der Waals surface area (Å²) in [5.41, 5.74) is 0.665. The number of aromatic nitrogens is 2. The summed E-state index contributed by atoms with van der Waals surface area (Å²) in [6.07, 6.45) is 14.5. The van der Waals surface area contributed by atoms with E-state index in [2.05, 4.69) is 16.8 Å². The van der Waals surface area contributed by atoms with Gasteiger partial charge in [-0.3, -0.25) is 19.1 Å². The zero-order valence-electron chi connectivity index (χ0n) is 18.2. The Morgan fingerprint density at radius 3 is 2.50 bits per heavy atom. The highest BCUT2D eigenvalue weighted by Gasteiger charge is 2.52. The Labute approximate surface area is 178 Å². The molecule has 0 spiro atoms. The third-order valence-corrected chi connectivity index (χ3v) is 8.14. The van der Waals surface area contributed by atoms with Crippen molar-refractivity contribution >= 4 is 11.0 Å². The molecule has 2 saturated carbocycles. The number of nitrogens with zero attached hydrogens (tertiary/aromatic N) is 2. The van der Waals surface area contributed by atoms with Gasteiger partial charge in [-0.25, -0.2) is 0 Å². The van der Waals surface area contributed by atoms with Crippen molar-refractivity contribution < 1.29 is 0 Å². The smallest absolute Gasteiger partial charge is 0.316 e. The molecule has 1 N–H and O–H groups in total. The standard InChI is InChI=1S/C25H35N3O2/c1-17(27-22-14-8-7-13-20(22)26-24(29)25(27)30)16-23-19-12-9-15-21(19)28(23)18-10-5-3-2-4-6-11-18/h7-8,13-14,17-19,21,23H,2-6,9-12,15-16H2,1H3,(H,26,29)/t17-,19?,21-,23-/m1/s1. The number of rotatable bonds is 4. The molecule has 162 valence electrons. The largest absolute Gasteiger partial charge is 0.316 e. The SMILES string of the molecule is C[C@H](C[C@@H]1C2CCC[C@H]2N1C1CCCCCCC1)n1c(=O)c(=O)[nH]c2ccccc21. The molecule has 1 aromatic heterocycles. The molecule has 2 aromatic rings. The second-order valence-electron chi connectivity index (χ2n) is 9.91. The first-order valence-corrected chi connectivity index (χ1v) is 12.2. The van der Waals surface area contributed by atoms with Gasteiger partial charge >= 0.3 is 11.1 Å². The van der Waals surface area contributed by atoms with Gasteiger partial charge in [-0.05, 0) is 57.1 Å². The Kier molecular flexibility index (Phi) is 5.57. The normalized spacial score (nSPS) is 29.2. The highest BCUT2D eigenvalue weighted by atomic mass is 16.2. The average molecular weight is 410 g/mol. The summed E-state index contributed by atoms with van der Waals surface area (Å²) in [5, 5.41) is 0. The van der Waals surface area contributed by atoms with Crippen LogP contribution in [0.2, 0.25) is 0 Å². The van der Waals surface area contributed by atoms with Crippen LogP contribution in [0.5, 0.6) is 0 Å². The van der Waals surface area contributed by atoms with Crippen molar-refractivity contribution in [1.82, 2.24) is 14.5 Å². The quantitative estimate of drug-likeness (QED) is 0.751. The first kappa shape index (κ1) is 20.0. The predicted octanol–water partition coefficient (Wildman–Crippen LogP) is 4.61. The van der Waals surface area contributed by atoms with Gasteiger partial charge in [0.2, 0.25) is 0 Å². The summed E-state index contributed by atoms with van der Waals surface area (Å²) in [5.74, 6) is 0.779. The highest BCUT2D eigenvalue weighted by Crippen LogP contribution is 2.49. The molecule has 0 amide bonds. The maximum Gasteiger partial charge on any atom is 0.316 e. The summed E-state index contributed by atoms with van der Waals surface area (Å²) >= 11 is 0. The Morgan fingerprint density at radius 2 is 1.70 bits per heavy atom. The van der Waals surface area contributed by atoms with Crippen molar-refractivity contribution in [3.63, 3.8) is 0 Å². The predicted molar refractivity (Wildman–Crippen MR) is 121 cm³/mol. The summed E-state index contributed by atoms with van der Waals surface area (Å²) in [6.45, 7) is 2.13. The van der Waals surface area contributed by atoms with Gasteiger partial charge in [0.05, 0.1) is 11.0 Å². The van der Waals surface area contributed by atoms with Gasteiger partial charge in [-0.1, -0.05) is 50.7 Å². The molecule has 5 nitrogen and oxygen atoms in total. The van der Waals surface area contributed by atoms with Crippen molar-refractivity contribution in [3.05, 3.63) is 45.0 Å². The van der Waals surface area contributed by atoms with E-state index in [0.29, 0.717) is 6.04 Å². The molecular weight excluding hydrogens is 374 g/mol. The summed E-state index contributed by atoms with van der Waals surface area (Å²) in [6, 6.07) is 9.75. The van der Waals surface area contributed by atoms with Crippen LogP contribution in [0.15, 0.2) is 33.9 Å². The minimum atomic E-state index is -0.509. The van der Waals surface area contributed by atoms with E-state index in [9.17, 15) is 9.59 Å². The third kappa shape index (κ3) is 3.45. The molecule has 4 atom stereocenters. The lowest BCUT2D eigenvalue weighted by atomic mass is 9.76. The van der Waals surface area contributed by atoms with Gasteiger partial charge in [-0.15, -0.1) is 0 Å². The van der Waals surface area contributed by atoms with Gasteiger partial charge in [0.1, 0.15) is 0 Å². The van der Waals surface area contributed by atoms with E-state index in [-0.39, 0.29) is 6.04 Å². The van der Waals surface area contributed by atoms with Gasteiger partial charge in [0.25, 0.3) is 0 Å². The van der Waals surface area contributed by atoms with Crippen LogP contribution in [0, 0.1) is 5.92 Å². The minimum absolute atomic E-state index is 0.0207. The van der Waals surface area contributed by atoms with Crippen LogP contribution in [0.4, 0.5) is 0 Å². The number of nitrogens with one attached hydrogen (secondary N) is 1. The maximum atomic E-state index is 12.8. The van der Waals surface area contributed by atoms with Crippen molar-refractivity contribution in [1.29, 1.82) is 0 Å². The zero-order chi connectivity index (χ0) is 20.7. The topological polar surface area (TPSA) is 58.1 Å². The number of aromatic amines is 1. The molecule has 0 radical (unpaired) electrons. The van der Waals surface area contributed by atoms with E-state index >= 15 is 0 Å². The molecular formula is C25H35N3O2. The number of H-pyrrole nitrogens is 1. The number of para-hydroxylation sites is 2. The Bertz CT molecular complexity index is 1000. The van der Waals surface area contributed by atoms with E-state index in [4.69, 9.17) is 0 Å². The molecule has 0 bridgehead atoms. The fraction of sp³-hybridized carbons (Fsp3) is 0.680. The Hall–Kier alpha value is -1.88. The Balaban J connectivity index is 1.43. The molecule has 1 aromatic carbocycles. The van der Waals surface area contributed by atoms with E-state index in [1.54, 1.807) is 4.57 Å². The van der Waals surface area contributed by atoms with Gasteiger partial charge in [0.15, 0.2) is 0 Å². The monoisotopic (exact) mass is 409 g/mol. The number of hydrogen-bond acceptors (Lipinski definition) is 3. The number of likely N-dealkylation sites (tertiary alicyclic amines) is 1. The van der Waals surface area contributed by atoms with E-state index in [1.165, 1.54) is 64.2 Å². The number of hydrogen-bond donors (Lipinski definition) is 1. The fourth-order valence-electron chi connectivity index (χ4n) is 6.80. The van der Waals surface area contributed by atoms with Crippen LogP contribution in [-0.2, 0) is 0 Å². The van der Waals surface area contributed by atoms with Crippen LogP contribution in [-0.4, -0.2) is 32.6 Å². The molecule has 1 saturated heterocycles. The molecule has 3 aliphatic rings. The summed E-state index contributed by atoms with van der Waals surface area (Å²) < 4.78 is 1.76. The van der Waals surface area contributed by atoms with Gasteiger partial charge in [0, 0.05) is 24.2 Å². The van der Waals surface area contributed by atoms with E-state index in [0.717, 1.165) is 35.5 Å². The van der Waals surface area contributed by atoms with Crippen LogP contribution in [0.1, 0.15) is 83.6 Å². The first-order valence-electron chi connectivity index (χ1n) is 12.2. The van der Waals surface area contributed by atoms with Crippen molar-refractivity contribution in [2.24, 2.45) is 5.92 Å². The van der Waals surface area contributed by atoms with E-state index in [1.807, 2.05) is 24.3 Å². The van der Waals surface area contributed by atoms with Crippen LogP contribution < -0.4 is 11.1 Å². The van der Waals surface area contributed by atoms with Crippen molar-refractivity contribution in [2.45, 2.75) is 102 Å². The van der Waals surface area contributed by atoms with Crippen molar-refractivity contribution in [2.75, 3.05) is 0 Å². The lowest BCUT2D eigenvalue weighted by molar-refractivity contribution is -0.0855. The lowest BCUT2D eigenvalue weighted by Crippen LogP contribution is -2.65. The zero-order valence-corrected chi connectivity index (χ0v) is 18.2. The highest BCUT2D eigenvalue weighted by molar-refractivity contribution is 5.74. The first-order chi connectivity index (χ1) is 14.6. The second kappa shape index (κ2) is 8.33. The molecule has 1 unspecified atom stereocenters. The Morgan fingerprint density at radius 1 is 0.967 bits per heavy atom. The number of fused-ring (bicyclic) bond motifs is 2. The van der Waals surface area contributed by atoms with Gasteiger partial charge < -0.3 is 4.98 Å². The van der Waals surface area contributed by atoms with Crippen LogP contribution in [0.3, 0.4) is 0 Å². The molecule has 2 aliphatic carbocycles. The van der Waals surface area contributed by atoms with E-state index < -0.39 is 11.1 Å². The van der Waals surface area contributed by atoms with Crippen LogP contribution in [0.25, 0.3) is 11.0 Å². The lowest BCUT2D eigenvalue weighted by Gasteiger charge is -2.57. The second-order valence-corrected chi connectivity index (χ2v) is 9.91. The molecule has 3 fully saturated rings. The number of benzene rings is 1. The summed E-state index contributed by atoms with van der Waals surface area (Å²) in [7, 11) is 0. The van der Waals surface area contributed by atoms with Gasteiger partial charge in [-0.2, -0.15) is 0 Å². The molecule has 5 rings (SSSR count).